The molecule has 0 fully saturated rings. The van der Waals surface area contributed by atoms with Crippen molar-refractivity contribution in [3.63, 3.8) is 0 Å². The van der Waals surface area contributed by atoms with Crippen LogP contribution in [0, 0.1) is 20.2 Å². The number of nitro groups is 2. The molecule has 1 aromatic carbocycles. The second kappa shape index (κ2) is 5.80. The van der Waals surface area contributed by atoms with Crippen LogP contribution >= 0.6 is 0 Å². The Morgan fingerprint density at radius 2 is 1.74 bits per heavy atom. The largest absolute Gasteiger partial charge is 0.490 e. The van der Waals surface area contributed by atoms with Crippen LogP contribution < -0.4 is 4.74 Å². The molecular weight excluding hydrogens is 254 g/mol. The van der Waals surface area contributed by atoms with Gasteiger partial charge in [-0.15, -0.1) is 0 Å². The van der Waals surface area contributed by atoms with Gasteiger partial charge in [0.05, 0.1) is 22.5 Å². The standard InChI is InChI=1S/C11H13N3O5/c1-12(2)7-6-8-4-5-9(19-3)11(14(17)18)10(8)13(15)16/h4-7H,1-3H3/b7-6+. The predicted molar refractivity (Wildman–Crippen MR) is 69.0 cm³/mol. The fourth-order valence-electron chi connectivity index (χ4n) is 1.47. The molecule has 0 heterocycles. The van der Waals surface area contributed by atoms with Crippen molar-refractivity contribution >= 4 is 17.5 Å². The van der Waals surface area contributed by atoms with Gasteiger partial charge in [0.2, 0.25) is 5.75 Å². The summed E-state index contributed by atoms with van der Waals surface area (Å²) in [7, 11) is 4.70. The molecule has 0 radical (unpaired) electrons. The van der Waals surface area contributed by atoms with Crippen LogP contribution in [0.4, 0.5) is 11.4 Å². The average molecular weight is 267 g/mol. The van der Waals surface area contributed by atoms with Gasteiger partial charge >= 0.3 is 11.4 Å². The highest BCUT2D eigenvalue weighted by Gasteiger charge is 2.32. The van der Waals surface area contributed by atoms with Crippen LogP contribution in [0.1, 0.15) is 5.56 Å². The fraction of sp³-hybridized carbons (Fsp3) is 0.273. The Bertz CT molecular complexity index is 539. The van der Waals surface area contributed by atoms with E-state index in [1.807, 2.05) is 0 Å². The first-order valence-corrected chi connectivity index (χ1v) is 5.23. The third-order valence-corrected chi connectivity index (χ3v) is 2.28. The fourth-order valence-corrected chi connectivity index (χ4v) is 1.47. The summed E-state index contributed by atoms with van der Waals surface area (Å²) in [6.07, 6.45) is 3.00. The number of nitrogens with zero attached hydrogens (tertiary/aromatic N) is 3. The van der Waals surface area contributed by atoms with Gasteiger partial charge in [-0.2, -0.15) is 0 Å². The molecule has 1 aromatic rings. The molecule has 8 nitrogen and oxygen atoms in total. The molecule has 0 aliphatic carbocycles. The minimum absolute atomic E-state index is 0.140. The lowest BCUT2D eigenvalue weighted by atomic mass is 10.1. The Balaban J connectivity index is 3.54. The van der Waals surface area contributed by atoms with Crippen LogP contribution in [0.15, 0.2) is 18.3 Å². The summed E-state index contributed by atoms with van der Waals surface area (Å²) in [5.41, 5.74) is -1.08. The molecule has 0 aliphatic rings. The van der Waals surface area contributed by atoms with E-state index in [-0.39, 0.29) is 11.3 Å². The minimum atomic E-state index is -0.816. The van der Waals surface area contributed by atoms with Gasteiger partial charge in [-0.25, -0.2) is 0 Å². The first kappa shape index (κ1) is 14.4. The lowest BCUT2D eigenvalue weighted by molar-refractivity contribution is -0.423. The molecule has 0 N–H and O–H groups in total. The second-order valence-corrected chi connectivity index (χ2v) is 3.85. The lowest BCUT2D eigenvalue weighted by Gasteiger charge is -2.06. The van der Waals surface area contributed by atoms with Crippen LogP contribution in [0.25, 0.3) is 6.08 Å². The molecule has 0 unspecified atom stereocenters. The zero-order valence-electron chi connectivity index (χ0n) is 10.7. The maximum atomic E-state index is 11.1. The van der Waals surface area contributed by atoms with Crippen molar-refractivity contribution in [1.29, 1.82) is 0 Å². The summed E-state index contributed by atoms with van der Waals surface area (Å²) in [5, 5.41) is 22.0. The zero-order chi connectivity index (χ0) is 14.6. The molecule has 19 heavy (non-hydrogen) atoms. The number of hydrogen-bond donors (Lipinski definition) is 0. The van der Waals surface area contributed by atoms with E-state index < -0.39 is 21.2 Å². The average Bonchev–Trinajstić information content (AvgIpc) is 2.34. The van der Waals surface area contributed by atoms with Gasteiger partial charge in [0.1, 0.15) is 0 Å². The van der Waals surface area contributed by atoms with Crippen molar-refractivity contribution in [2.24, 2.45) is 0 Å². The topological polar surface area (TPSA) is 98.8 Å². The summed E-state index contributed by atoms with van der Waals surface area (Å²) < 4.78 is 4.80. The van der Waals surface area contributed by atoms with Crippen molar-refractivity contribution in [2.45, 2.75) is 0 Å². The first-order chi connectivity index (χ1) is 8.88. The van der Waals surface area contributed by atoms with Crippen molar-refractivity contribution < 1.29 is 14.6 Å². The van der Waals surface area contributed by atoms with Crippen LogP contribution in [0.5, 0.6) is 5.75 Å². The summed E-state index contributed by atoms with van der Waals surface area (Å²) in [4.78, 5) is 22.1. The van der Waals surface area contributed by atoms with Gasteiger partial charge in [0.25, 0.3) is 0 Å². The smallest absolute Gasteiger partial charge is 0.387 e. The Hall–Kier alpha value is -2.64. The maximum Gasteiger partial charge on any atom is 0.387 e. The number of benzene rings is 1. The highest BCUT2D eigenvalue weighted by atomic mass is 16.6. The summed E-state index contributed by atoms with van der Waals surface area (Å²) >= 11 is 0. The molecule has 102 valence electrons. The monoisotopic (exact) mass is 267 g/mol. The molecule has 0 aliphatic heterocycles. The van der Waals surface area contributed by atoms with E-state index in [1.165, 1.54) is 25.3 Å². The summed E-state index contributed by atoms with van der Waals surface area (Å²) in [6, 6.07) is 2.74. The molecule has 0 aromatic heterocycles. The number of ether oxygens (including phenoxy) is 1. The van der Waals surface area contributed by atoms with Gasteiger partial charge in [-0.1, -0.05) is 0 Å². The van der Waals surface area contributed by atoms with Crippen LogP contribution in [0.3, 0.4) is 0 Å². The van der Waals surface area contributed by atoms with E-state index in [0.29, 0.717) is 0 Å². The maximum absolute atomic E-state index is 11.1. The van der Waals surface area contributed by atoms with E-state index in [0.717, 1.165) is 0 Å². The van der Waals surface area contributed by atoms with E-state index in [2.05, 4.69) is 0 Å². The van der Waals surface area contributed by atoms with E-state index in [1.54, 1.807) is 25.2 Å². The van der Waals surface area contributed by atoms with E-state index in [9.17, 15) is 20.2 Å². The quantitative estimate of drug-likeness (QED) is 0.598. The van der Waals surface area contributed by atoms with Crippen LogP contribution in [-0.2, 0) is 0 Å². The Morgan fingerprint density at radius 3 is 2.16 bits per heavy atom. The van der Waals surface area contributed by atoms with Gasteiger partial charge in [0.15, 0.2) is 0 Å². The van der Waals surface area contributed by atoms with Crippen LogP contribution in [-0.4, -0.2) is 36.0 Å². The van der Waals surface area contributed by atoms with Gasteiger partial charge in [-0.05, 0) is 24.4 Å². The van der Waals surface area contributed by atoms with Crippen molar-refractivity contribution in [3.8, 4) is 5.75 Å². The molecule has 8 heteroatoms. The van der Waals surface area contributed by atoms with Gasteiger partial charge < -0.3 is 9.64 Å². The van der Waals surface area contributed by atoms with Gasteiger partial charge in [-0.3, -0.25) is 20.2 Å². The number of methoxy groups -OCH3 is 1. The molecule has 0 saturated carbocycles. The van der Waals surface area contributed by atoms with E-state index in [4.69, 9.17) is 4.74 Å². The molecule has 1 rings (SSSR count). The summed E-state index contributed by atoms with van der Waals surface area (Å²) in [6.45, 7) is 0. The van der Waals surface area contributed by atoms with E-state index >= 15 is 0 Å². The van der Waals surface area contributed by atoms with Crippen LogP contribution in [0.2, 0.25) is 0 Å². The first-order valence-electron chi connectivity index (χ1n) is 5.23. The Morgan fingerprint density at radius 1 is 1.16 bits per heavy atom. The Labute approximate surface area is 109 Å². The molecule has 0 atom stereocenters. The number of nitro benzene ring substituents is 2. The highest BCUT2D eigenvalue weighted by molar-refractivity contribution is 5.73. The Kier molecular flexibility index (Phi) is 4.41. The number of rotatable bonds is 5. The molecule has 0 amide bonds. The number of hydrogen-bond acceptors (Lipinski definition) is 6. The predicted octanol–water partition coefficient (Wildman–Crippen LogP) is 2.04. The minimum Gasteiger partial charge on any atom is -0.490 e. The zero-order valence-corrected chi connectivity index (χ0v) is 10.7. The van der Waals surface area contributed by atoms with Crippen molar-refractivity contribution in [2.75, 3.05) is 21.2 Å². The molecule has 0 spiro atoms. The molecule has 0 bridgehead atoms. The SMILES string of the molecule is COc1ccc(/C=C/N(C)C)c([N+](=O)[O-])c1[N+](=O)[O-]. The third-order valence-electron chi connectivity index (χ3n) is 2.28. The summed E-state index contributed by atoms with van der Waals surface area (Å²) in [5.74, 6) is -0.140. The molecular formula is C11H13N3O5. The second-order valence-electron chi connectivity index (χ2n) is 3.85. The van der Waals surface area contributed by atoms with Crippen molar-refractivity contribution in [1.82, 2.24) is 4.90 Å². The normalized spacial score (nSPS) is 10.5. The van der Waals surface area contributed by atoms with Crippen molar-refractivity contribution in [3.05, 3.63) is 44.1 Å². The van der Waals surface area contributed by atoms with Gasteiger partial charge in [0, 0.05) is 14.1 Å². The molecule has 0 saturated heterocycles. The highest BCUT2D eigenvalue weighted by Crippen LogP contribution is 2.39. The third kappa shape index (κ3) is 3.18. The lowest BCUT2D eigenvalue weighted by Crippen LogP contribution is -2.03.